The maximum Gasteiger partial charge on any atom is 0.340 e. The number of aryl methyl sites for hydroxylation is 2. The number of hydrogen-bond acceptors (Lipinski definition) is 8. The zero-order valence-corrected chi connectivity index (χ0v) is 16.0. The van der Waals surface area contributed by atoms with Crippen molar-refractivity contribution in [1.82, 2.24) is 9.97 Å². The molecule has 3 aromatic rings. The number of methoxy groups -OCH3 is 2. The quantitative estimate of drug-likeness (QED) is 0.493. The number of aromatic carboxylic acids is 1. The Kier molecular flexibility index (Phi) is 5.22. The molecule has 1 aromatic carbocycles. The molecule has 2 aromatic heterocycles. The third-order valence-corrected chi connectivity index (χ3v) is 5.25. The summed E-state index contributed by atoms with van der Waals surface area (Å²) in [7, 11) is 2.84. The Balaban J connectivity index is 1.97. The second-order valence-corrected chi connectivity index (χ2v) is 6.83. The van der Waals surface area contributed by atoms with Gasteiger partial charge in [0.1, 0.15) is 16.7 Å². The normalized spacial score (nSPS) is 11.1. The summed E-state index contributed by atoms with van der Waals surface area (Å²) in [4.78, 5) is 22.2. The summed E-state index contributed by atoms with van der Waals surface area (Å²) in [5.41, 5.74) is 4.31. The van der Waals surface area contributed by atoms with Crippen molar-refractivity contribution in [3.05, 3.63) is 40.0 Å². The van der Waals surface area contributed by atoms with E-state index in [9.17, 15) is 9.90 Å². The van der Waals surface area contributed by atoms with Gasteiger partial charge in [0.05, 0.1) is 25.8 Å². The van der Waals surface area contributed by atoms with Crippen LogP contribution in [0.2, 0.25) is 0 Å². The minimum atomic E-state index is -1.14. The van der Waals surface area contributed by atoms with Crippen molar-refractivity contribution in [1.29, 1.82) is 0 Å². The molecule has 0 amide bonds. The SMILES string of the molecule is COc1ccc(/C=N\Nc2ncnc3sc(C)c(C)c23)c(C(=O)O)c1OC. The van der Waals surface area contributed by atoms with Crippen molar-refractivity contribution in [2.75, 3.05) is 19.6 Å². The summed E-state index contributed by atoms with van der Waals surface area (Å²) in [5.74, 6) is -0.0963. The zero-order valence-electron chi connectivity index (χ0n) is 15.2. The third kappa shape index (κ3) is 3.41. The molecule has 2 heterocycles. The van der Waals surface area contributed by atoms with Crippen LogP contribution in [0.3, 0.4) is 0 Å². The molecule has 2 N–H and O–H groups in total. The first-order chi connectivity index (χ1) is 13.0. The fourth-order valence-corrected chi connectivity index (χ4v) is 3.70. The van der Waals surface area contributed by atoms with Crippen LogP contribution < -0.4 is 14.9 Å². The second kappa shape index (κ2) is 7.58. The highest BCUT2D eigenvalue weighted by atomic mass is 32.1. The molecule has 0 saturated heterocycles. The average Bonchev–Trinajstić information content (AvgIpc) is 2.95. The number of hydrazone groups is 1. The van der Waals surface area contributed by atoms with E-state index in [1.165, 1.54) is 26.8 Å². The molecule has 0 unspecified atom stereocenters. The Bertz CT molecular complexity index is 1050. The smallest absolute Gasteiger partial charge is 0.340 e. The van der Waals surface area contributed by atoms with Crippen LogP contribution in [0.5, 0.6) is 11.5 Å². The Labute approximate surface area is 159 Å². The second-order valence-electron chi connectivity index (χ2n) is 5.63. The van der Waals surface area contributed by atoms with Gasteiger partial charge in [0.15, 0.2) is 17.3 Å². The maximum absolute atomic E-state index is 11.7. The number of thiophene rings is 1. The highest BCUT2D eigenvalue weighted by molar-refractivity contribution is 7.18. The molecule has 8 nitrogen and oxygen atoms in total. The molecule has 0 atom stereocenters. The van der Waals surface area contributed by atoms with Crippen molar-refractivity contribution >= 4 is 39.6 Å². The van der Waals surface area contributed by atoms with Gasteiger partial charge in [-0.25, -0.2) is 14.8 Å². The first-order valence-electron chi connectivity index (χ1n) is 7.96. The lowest BCUT2D eigenvalue weighted by molar-refractivity contribution is 0.0692. The van der Waals surface area contributed by atoms with E-state index in [-0.39, 0.29) is 11.3 Å². The minimum Gasteiger partial charge on any atom is -0.493 e. The predicted octanol–water partition coefficient (Wildman–Crippen LogP) is 3.47. The van der Waals surface area contributed by atoms with Crippen molar-refractivity contribution in [3.8, 4) is 11.5 Å². The van der Waals surface area contributed by atoms with Crippen LogP contribution in [-0.2, 0) is 0 Å². The molecule has 0 saturated carbocycles. The van der Waals surface area contributed by atoms with E-state index in [4.69, 9.17) is 9.47 Å². The third-order valence-electron chi connectivity index (χ3n) is 4.13. The fraction of sp³-hybridized carbons (Fsp3) is 0.222. The molecular weight excluding hydrogens is 368 g/mol. The lowest BCUT2D eigenvalue weighted by atomic mass is 10.1. The van der Waals surface area contributed by atoms with Crippen molar-refractivity contribution < 1.29 is 19.4 Å². The number of nitrogens with zero attached hydrogens (tertiary/aromatic N) is 3. The number of carbonyl (C=O) groups is 1. The molecule has 3 rings (SSSR count). The average molecular weight is 386 g/mol. The van der Waals surface area contributed by atoms with Gasteiger partial charge in [-0.1, -0.05) is 0 Å². The number of carboxylic acids is 1. The molecule has 0 spiro atoms. The van der Waals surface area contributed by atoms with E-state index in [2.05, 4.69) is 20.5 Å². The minimum absolute atomic E-state index is 0.0298. The molecule has 0 aliphatic carbocycles. The molecule has 140 valence electrons. The van der Waals surface area contributed by atoms with Crippen LogP contribution in [0.15, 0.2) is 23.6 Å². The Morgan fingerprint density at radius 3 is 2.70 bits per heavy atom. The van der Waals surface area contributed by atoms with E-state index in [1.54, 1.807) is 23.5 Å². The molecule has 0 bridgehead atoms. The summed E-state index contributed by atoms with van der Waals surface area (Å²) in [6, 6.07) is 3.23. The number of nitrogens with one attached hydrogen (secondary N) is 1. The van der Waals surface area contributed by atoms with Gasteiger partial charge in [-0.05, 0) is 31.5 Å². The summed E-state index contributed by atoms with van der Waals surface area (Å²) < 4.78 is 10.4. The van der Waals surface area contributed by atoms with Gasteiger partial charge < -0.3 is 14.6 Å². The van der Waals surface area contributed by atoms with E-state index < -0.39 is 5.97 Å². The monoisotopic (exact) mass is 386 g/mol. The van der Waals surface area contributed by atoms with Gasteiger partial charge in [-0.2, -0.15) is 5.10 Å². The van der Waals surface area contributed by atoms with Crippen molar-refractivity contribution in [2.45, 2.75) is 13.8 Å². The standard InChI is InChI=1S/C18H18N4O4S/c1-9-10(2)27-17-13(9)16(19-8-20-17)22-21-7-11-5-6-12(25-3)15(26-4)14(11)18(23)24/h5-8H,1-4H3,(H,23,24)(H,19,20,22)/b21-7-. The van der Waals surface area contributed by atoms with Crippen LogP contribution in [0.4, 0.5) is 5.82 Å². The van der Waals surface area contributed by atoms with Crippen LogP contribution in [0.25, 0.3) is 10.2 Å². The van der Waals surface area contributed by atoms with Gasteiger partial charge in [-0.15, -0.1) is 11.3 Å². The van der Waals surface area contributed by atoms with Crippen molar-refractivity contribution in [3.63, 3.8) is 0 Å². The molecule has 0 aliphatic rings. The summed E-state index contributed by atoms with van der Waals surface area (Å²) in [6.45, 7) is 4.03. The Hall–Kier alpha value is -3.20. The van der Waals surface area contributed by atoms with Gasteiger partial charge >= 0.3 is 5.97 Å². The highest BCUT2D eigenvalue weighted by Crippen LogP contribution is 2.34. The number of carboxylic acid groups (broad SMARTS) is 1. The predicted molar refractivity (Wildman–Crippen MR) is 105 cm³/mol. The topological polar surface area (TPSA) is 106 Å². The summed E-state index contributed by atoms with van der Waals surface area (Å²) >= 11 is 1.59. The molecule has 0 fully saturated rings. The van der Waals surface area contributed by atoms with Crippen LogP contribution in [0.1, 0.15) is 26.4 Å². The number of anilines is 1. The number of rotatable bonds is 6. The molecule has 0 aliphatic heterocycles. The van der Waals surface area contributed by atoms with Crippen LogP contribution >= 0.6 is 11.3 Å². The largest absolute Gasteiger partial charge is 0.493 e. The fourth-order valence-electron chi connectivity index (χ4n) is 2.70. The van der Waals surface area contributed by atoms with E-state index in [1.807, 2.05) is 13.8 Å². The van der Waals surface area contributed by atoms with Crippen molar-refractivity contribution in [2.24, 2.45) is 5.10 Å². The van der Waals surface area contributed by atoms with Gasteiger partial charge in [0, 0.05) is 10.4 Å². The molecule has 9 heteroatoms. The van der Waals surface area contributed by atoms with Gasteiger partial charge in [-0.3, -0.25) is 5.43 Å². The molecule has 27 heavy (non-hydrogen) atoms. The number of benzene rings is 1. The number of fused-ring (bicyclic) bond motifs is 1. The van der Waals surface area contributed by atoms with Gasteiger partial charge in [0.25, 0.3) is 0 Å². The summed E-state index contributed by atoms with van der Waals surface area (Å²) in [5, 5.41) is 14.6. The molecule has 0 radical (unpaired) electrons. The first kappa shape index (κ1) is 18.6. The number of ether oxygens (including phenoxy) is 2. The Morgan fingerprint density at radius 2 is 2.04 bits per heavy atom. The number of hydrogen-bond donors (Lipinski definition) is 2. The first-order valence-corrected chi connectivity index (χ1v) is 8.77. The summed E-state index contributed by atoms with van der Waals surface area (Å²) in [6.07, 6.45) is 2.88. The van der Waals surface area contributed by atoms with Crippen LogP contribution in [0, 0.1) is 13.8 Å². The lowest BCUT2D eigenvalue weighted by Gasteiger charge is -2.12. The van der Waals surface area contributed by atoms with Gasteiger partial charge in [0.2, 0.25) is 0 Å². The Morgan fingerprint density at radius 1 is 1.26 bits per heavy atom. The van der Waals surface area contributed by atoms with E-state index in [0.29, 0.717) is 17.1 Å². The highest BCUT2D eigenvalue weighted by Gasteiger charge is 2.20. The van der Waals surface area contributed by atoms with Crippen LogP contribution in [-0.4, -0.2) is 41.5 Å². The van der Waals surface area contributed by atoms with E-state index in [0.717, 1.165) is 20.7 Å². The van der Waals surface area contributed by atoms with E-state index >= 15 is 0 Å². The number of aromatic nitrogens is 2. The zero-order chi connectivity index (χ0) is 19.6. The lowest BCUT2D eigenvalue weighted by Crippen LogP contribution is -2.07. The molecular formula is C18H18N4O4S. The maximum atomic E-state index is 11.7.